The molecule has 0 aliphatic carbocycles. The van der Waals surface area contributed by atoms with Crippen molar-refractivity contribution in [2.45, 2.75) is 39.3 Å². The van der Waals surface area contributed by atoms with Gasteiger partial charge in [0.25, 0.3) is 0 Å². The Morgan fingerprint density at radius 1 is 1.20 bits per heavy atom. The molecule has 0 saturated heterocycles. The Kier molecular flexibility index (Phi) is 6.39. The first-order valence-corrected chi connectivity index (χ1v) is 8.75. The molecule has 0 spiro atoms. The molecular weight excluding hydrogens is 316 g/mol. The van der Waals surface area contributed by atoms with Crippen LogP contribution in [0, 0.1) is 6.92 Å². The molecule has 0 aliphatic heterocycles. The third-order valence-electron chi connectivity index (χ3n) is 4.42. The van der Waals surface area contributed by atoms with Crippen LogP contribution in [-0.2, 0) is 10.4 Å². The molecule has 2 N–H and O–H groups in total. The van der Waals surface area contributed by atoms with E-state index < -0.39 is 5.60 Å². The van der Waals surface area contributed by atoms with Crippen LogP contribution in [0.2, 0.25) is 0 Å². The second kappa shape index (κ2) is 8.32. The lowest BCUT2D eigenvalue weighted by Gasteiger charge is -2.30. The number of hydrogen-bond acceptors (Lipinski definition) is 4. The van der Waals surface area contributed by atoms with Crippen molar-refractivity contribution >= 4 is 5.91 Å². The predicted molar refractivity (Wildman–Crippen MR) is 98.1 cm³/mol. The van der Waals surface area contributed by atoms with Gasteiger partial charge in [0.15, 0.2) is 0 Å². The molecule has 5 nitrogen and oxygen atoms in total. The first-order valence-electron chi connectivity index (χ1n) is 8.75. The topological polar surface area (TPSA) is 65.7 Å². The Hall–Kier alpha value is -2.11. The SMILES string of the molecule is CCN(CC)C(C(=O)NCC(C)(O)c1ccc(C)o1)c1ccccc1. The lowest BCUT2D eigenvalue weighted by Crippen LogP contribution is -2.45. The van der Waals surface area contributed by atoms with Crippen LogP contribution >= 0.6 is 0 Å². The number of amides is 1. The van der Waals surface area contributed by atoms with Crippen LogP contribution in [-0.4, -0.2) is 35.5 Å². The van der Waals surface area contributed by atoms with Crippen LogP contribution in [0.3, 0.4) is 0 Å². The van der Waals surface area contributed by atoms with Gasteiger partial charge in [-0.25, -0.2) is 0 Å². The van der Waals surface area contributed by atoms with E-state index in [1.165, 1.54) is 0 Å². The maximum Gasteiger partial charge on any atom is 0.242 e. The van der Waals surface area contributed by atoms with Crippen LogP contribution in [0.5, 0.6) is 0 Å². The van der Waals surface area contributed by atoms with Crippen molar-refractivity contribution < 1.29 is 14.3 Å². The Morgan fingerprint density at radius 3 is 2.36 bits per heavy atom. The third-order valence-corrected chi connectivity index (χ3v) is 4.42. The maximum atomic E-state index is 12.9. The molecular formula is C20H28N2O3. The van der Waals surface area contributed by atoms with Crippen LogP contribution in [0.1, 0.15) is 43.9 Å². The first kappa shape index (κ1) is 19.2. The Bertz CT molecular complexity index is 675. The van der Waals surface area contributed by atoms with E-state index in [0.717, 1.165) is 24.4 Å². The highest BCUT2D eigenvalue weighted by Crippen LogP contribution is 2.24. The normalized spacial score (nSPS) is 15.0. The van der Waals surface area contributed by atoms with E-state index in [2.05, 4.69) is 10.2 Å². The van der Waals surface area contributed by atoms with Gasteiger partial charge >= 0.3 is 0 Å². The second-order valence-corrected chi connectivity index (χ2v) is 6.44. The van der Waals surface area contributed by atoms with Gasteiger partial charge < -0.3 is 14.8 Å². The number of aryl methyl sites for hydroxylation is 1. The molecule has 0 fully saturated rings. The van der Waals surface area contributed by atoms with Crippen molar-refractivity contribution in [2.75, 3.05) is 19.6 Å². The minimum atomic E-state index is -1.26. The summed E-state index contributed by atoms with van der Waals surface area (Å²) >= 11 is 0. The molecule has 2 atom stereocenters. The van der Waals surface area contributed by atoms with Gasteiger partial charge in [0.05, 0.1) is 6.54 Å². The molecule has 2 rings (SSSR count). The number of rotatable bonds is 8. The number of nitrogens with zero attached hydrogens (tertiary/aromatic N) is 1. The van der Waals surface area contributed by atoms with E-state index in [0.29, 0.717) is 5.76 Å². The van der Waals surface area contributed by atoms with Gasteiger partial charge in [0.1, 0.15) is 23.2 Å². The van der Waals surface area contributed by atoms with Crippen LogP contribution in [0.4, 0.5) is 0 Å². The van der Waals surface area contributed by atoms with Crippen LogP contribution < -0.4 is 5.32 Å². The summed E-state index contributed by atoms with van der Waals surface area (Å²) in [4.78, 5) is 15.0. The van der Waals surface area contributed by atoms with Crippen molar-refractivity contribution in [3.8, 4) is 0 Å². The van der Waals surface area contributed by atoms with E-state index in [1.807, 2.05) is 51.1 Å². The molecule has 0 radical (unpaired) electrons. The smallest absolute Gasteiger partial charge is 0.242 e. The Balaban J connectivity index is 2.14. The number of furan rings is 1. The summed E-state index contributed by atoms with van der Waals surface area (Å²) < 4.78 is 5.50. The zero-order valence-corrected chi connectivity index (χ0v) is 15.5. The first-order chi connectivity index (χ1) is 11.9. The number of hydrogen-bond donors (Lipinski definition) is 2. The van der Waals surface area contributed by atoms with Crippen LogP contribution in [0.25, 0.3) is 0 Å². The summed E-state index contributed by atoms with van der Waals surface area (Å²) in [6.45, 7) is 9.14. The highest BCUT2D eigenvalue weighted by molar-refractivity contribution is 5.83. The number of aliphatic hydroxyl groups is 1. The van der Waals surface area contributed by atoms with Gasteiger partial charge in [-0.15, -0.1) is 0 Å². The van der Waals surface area contributed by atoms with Gasteiger partial charge in [-0.05, 0) is 44.6 Å². The summed E-state index contributed by atoms with van der Waals surface area (Å²) in [5.41, 5.74) is -0.314. The molecule has 1 aromatic carbocycles. The standard InChI is InChI=1S/C20H28N2O3/c1-5-22(6-2)18(16-10-8-7-9-11-16)19(23)21-14-20(4,24)17-13-12-15(3)25-17/h7-13,18,24H,5-6,14H2,1-4H3,(H,21,23). The largest absolute Gasteiger partial charge is 0.463 e. The molecule has 2 aromatic rings. The molecule has 2 unspecified atom stereocenters. The third kappa shape index (κ3) is 4.71. The highest BCUT2D eigenvalue weighted by Gasteiger charge is 2.31. The van der Waals surface area contributed by atoms with E-state index in [-0.39, 0.29) is 18.5 Å². The summed E-state index contributed by atoms with van der Waals surface area (Å²) in [6.07, 6.45) is 0. The Morgan fingerprint density at radius 2 is 1.84 bits per heavy atom. The quantitative estimate of drug-likeness (QED) is 0.773. The fraction of sp³-hybridized carbons (Fsp3) is 0.450. The molecule has 0 saturated carbocycles. The molecule has 0 bridgehead atoms. The van der Waals surface area contributed by atoms with Crippen molar-refractivity contribution in [1.29, 1.82) is 0 Å². The van der Waals surface area contributed by atoms with Crippen molar-refractivity contribution in [1.82, 2.24) is 10.2 Å². The van der Waals surface area contributed by atoms with E-state index in [4.69, 9.17) is 4.42 Å². The molecule has 5 heteroatoms. The molecule has 25 heavy (non-hydrogen) atoms. The fourth-order valence-electron chi connectivity index (χ4n) is 2.92. The molecule has 0 aliphatic rings. The number of benzene rings is 1. The number of nitrogens with one attached hydrogen (secondary N) is 1. The van der Waals surface area contributed by atoms with E-state index >= 15 is 0 Å². The number of carbonyl (C=O) groups excluding carboxylic acids is 1. The zero-order chi connectivity index (χ0) is 18.4. The summed E-state index contributed by atoms with van der Waals surface area (Å²) in [5.74, 6) is 1.05. The fourth-order valence-corrected chi connectivity index (χ4v) is 2.92. The van der Waals surface area contributed by atoms with E-state index in [9.17, 15) is 9.90 Å². The van der Waals surface area contributed by atoms with Gasteiger partial charge in [0, 0.05) is 0 Å². The Labute approximate surface area is 149 Å². The minimum absolute atomic E-state index is 0.0867. The highest BCUT2D eigenvalue weighted by atomic mass is 16.4. The molecule has 136 valence electrons. The number of carbonyl (C=O) groups is 1. The maximum absolute atomic E-state index is 12.9. The minimum Gasteiger partial charge on any atom is -0.463 e. The molecule has 1 heterocycles. The zero-order valence-electron chi connectivity index (χ0n) is 15.5. The average Bonchev–Trinajstić information content (AvgIpc) is 3.05. The van der Waals surface area contributed by atoms with Crippen molar-refractivity contribution in [3.05, 3.63) is 59.5 Å². The van der Waals surface area contributed by atoms with Crippen molar-refractivity contribution in [3.63, 3.8) is 0 Å². The summed E-state index contributed by atoms with van der Waals surface area (Å²) in [6, 6.07) is 12.9. The second-order valence-electron chi connectivity index (χ2n) is 6.44. The lowest BCUT2D eigenvalue weighted by atomic mass is 10.0. The van der Waals surface area contributed by atoms with Gasteiger partial charge in [-0.2, -0.15) is 0 Å². The van der Waals surface area contributed by atoms with Crippen LogP contribution in [0.15, 0.2) is 46.9 Å². The average molecular weight is 344 g/mol. The summed E-state index contributed by atoms with van der Waals surface area (Å²) in [5, 5.41) is 13.5. The lowest BCUT2D eigenvalue weighted by molar-refractivity contribution is -0.128. The molecule has 1 aromatic heterocycles. The predicted octanol–water partition coefficient (Wildman–Crippen LogP) is 2.99. The summed E-state index contributed by atoms with van der Waals surface area (Å²) in [7, 11) is 0. The van der Waals surface area contributed by atoms with Gasteiger partial charge in [-0.1, -0.05) is 44.2 Å². The van der Waals surface area contributed by atoms with E-state index in [1.54, 1.807) is 19.1 Å². The number of likely N-dealkylation sites (N-methyl/N-ethyl adjacent to an activating group) is 1. The van der Waals surface area contributed by atoms with Gasteiger partial charge in [0.2, 0.25) is 5.91 Å². The monoisotopic (exact) mass is 344 g/mol. The van der Waals surface area contributed by atoms with Crippen molar-refractivity contribution in [2.24, 2.45) is 0 Å². The molecule has 1 amide bonds. The van der Waals surface area contributed by atoms with Gasteiger partial charge in [-0.3, -0.25) is 9.69 Å².